The van der Waals surface area contributed by atoms with Gasteiger partial charge in [0.2, 0.25) is 0 Å². The average Bonchev–Trinajstić information content (AvgIpc) is 3.47. The Morgan fingerprint density at radius 2 is 1.80 bits per heavy atom. The van der Waals surface area contributed by atoms with E-state index in [2.05, 4.69) is 10.4 Å². The van der Waals surface area contributed by atoms with Gasteiger partial charge < -0.3 is 10.1 Å². The number of rotatable bonds is 7. The van der Waals surface area contributed by atoms with Crippen LogP contribution in [-0.4, -0.2) is 44.1 Å². The Morgan fingerprint density at radius 3 is 2.49 bits per heavy atom. The van der Waals surface area contributed by atoms with Crippen molar-refractivity contribution in [2.75, 3.05) is 6.54 Å². The monoisotopic (exact) mass is 656 g/mol. The van der Waals surface area contributed by atoms with E-state index in [9.17, 15) is 27.6 Å². The number of hydrogen-bond donors (Lipinski definition) is 1. The standard InChI is InChI=1S/C32H28ClF3N4O4S/c1-31(2,3)44-29(42)38-25(20-7-5-4-6-8-20)18-39-28(41)27(45-30(39)43)14-19-9-12-26-22(13-19)16-37-40(26)17-21-10-11-23(33)15-24(21)32(34,35)36/h4-16,25H,17-18H2,1-3H3,(H,38,42)/t25-/m0/s1. The summed E-state index contributed by atoms with van der Waals surface area (Å²) in [5.41, 5.74) is 0.320. The molecule has 0 bridgehead atoms. The van der Waals surface area contributed by atoms with E-state index in [4.69, 9.17) is 16.3 Å². The van der Waals surface area contributed by atoms with Crippen LogP contribution in [0.3, 0.4) is 0 Å². The summed E-state index contributed by atoms with van der Waals surface area (Å²) in [6, 6.07) is 17.0. The molecule has 8 nitrogen and oxygen atoms in total. The molecule has 234 valence electrons. The second-order valence-corrected chi connectivity index (χ2v) is 12.8. The zero-order chi connectivity index (χ0) is 32.5. The predicted molar refractivity (Wildman–Crippen MR) is 167 cm³/mol. The smallest absolute Gasteiger partial charge is 0.416 e. The summed E-state index contributed by atoms with van der Waals surface area (Å²) in [6.45, 7) is 4.96. The van der Waals surface area contributed by atoms with Crippen LogP contribution in [0, 0.1) is 0 Å². The van der Waals surface area contributed by atoms with Crippen molar-refractivity contribution in [2.24, 2.45) is 0 Å². The number of nitrogens with one attached hydrogen (secondary N) is 1. The molecule has 45 heavy (non-hydrogen) atoms. The van der Waals surface area contributed by atoms with E-state index in [0.29, 0.717) is 22.0 Å². The fourth-order valence-electron chi connectivity index (χ4n) is 4.79. The minimum absolute atomic E-state index is 0.0136. The fraction of sp³-hybridized carbons (Fsp3) is 0.250. The predicted octanol–water partition coefficient (Wildman–Crippen LogP) is 8.06. The molecular formula is C32H28ClF3N4O4S. The van der Waals surface area contributed by atoms with Crippen LogP contribution in [0.4, 0.5) is 22.8 Å². The summed E-state index contributed by atoms with van der Waals surface area (Å²) in [5.74, 6) is -0.518. The Hall–Kier alpha value is -4.29. The van der Waals surface area contributed by atoms with E-state index in [-0.39, 0.29) is 28.6 Å². The van der Waals surface area contributed by atoms with Crippen LogP contribution in [0.15, 0.2) is 77.8 Å². The van der Waals surface area contributed by atoms with Crippen LogP contribution in [0.25, 0.3) is 17.0 Å². The maximum Gasteiger partial charge on any atom is 0.416 e. The number of thioether (sulfide) groups is 1. The fourth-order valence-corrected chi connectivity index (χ4v) is 5.81. The van der Waals surface area contributed by atoms with Gasteiger partial charge in [0, 0.05) is 10.4 Å². The minimum atomic E-state index is -4.58. The van der Waals surface area contributed by atoms with E-state index in [1.807, 2.05) is 6.07 Å². The average molecular weight is 657 g/mol. The molecule has 0 spiro atoms. The molecule has 3 aromatic carbocycles. The van der Waals surface area contributed by atoms with Crippen molar-refractivity contribution in [3.63, 3.8) is 0 Å². The van der Waals surface area contributed by atoms with Gasteiger partial charge in [-0.3, -0.25) is 19.2 Å². The lowest BCUT2D eigenvalue weighted by Gasteiger charge is -2.26. The molecule has 1 aromatic heterocycles. The second kappa shape index (κ2) is 12.6. The summed E-state index contributed by atoms with van der Waals surface area (Å²) in [6.07, 6.45) is -2.17. The van der Waals surface area contributed by atoms with Crippen LogP contribution < -0.4 is 5.32 Å². The maximum absolute atomic E-state index is 13.6. The van der Waals surface area contributed by atoms with E-state index in [0.717, 1.165) is 22.7 Å². The maximum atomic E-state index is 13.6. The van der Waals surface area contributed by atoms with Gasteiger partial charge in [-0.15, -0.1) is 0 Å². The van der Waals surface area contributed by atoms with Gasteiger partial charge in [0.1, 0.15) is 5.60 Å². The van der Waals surface area contributed by atoms with Crippen molar-refractivity contribution in [2.45, 2.75) is 45.1 Å². The van der Waals surface area contributed by atoms with Crippen LogP contribution in [0.1, 0.15) is 49.1 Å². The first-order valence-corrected chi connectivity index (χ1v) is 15.0. The minimum Gasteiger partial charge on any atom is -0.444 e. The largest absolute Gasteiger partial charge is 0.444 e. The number of carbonyl (C=O) groups excluding carboxylic acids is 3. The highest BCUT2D eigenvalue weighted by Crippen LogP contribution is 2.36. The molecule has 1 aliphatic heterocycles. The number of alkyl halides is 3. The molecule has 0 radical (unpaired) electrons. The molecule has 1 fully saturated rings. The number of imide groups is 1. The van der Waals surface area contributed by atoms with Crippen molar-refractivity contribution in [3.05, 3.63) is 105 Å². The van der Waals surface area contributed by atoms with E-state index >= 15 is 0 Å². The summed E-state index contributed by atoms with van der Waals surface area (Å²) < 4.78 is 47.6. The third-order valence-electron chi connectivity index (χ3n) is 6.79. The topological polar surface area (TPSA) is 93.5 Å². The molecule has 1 aliphatic rings. The number of fused-ring (bicyclic) bond motifs is 1. The van der Waals surface area contributed by atoms with E-state index in [1.54, 1.807) is 69.3 Å². The molecule has 13 heteroatoms. The Morgan fingerprint density at radius 1 is 1.07 bits per heavy atom. The number of benzene rings is 3. The zero-order valence-corrected chi connectivity index (χ0v) is 26.0. The number of aromatic nitrogens is 2. The van der Waals surface area contributed by atoms with Gasteiger partial charge in [-0.05, 0) is 79.6 Å². The van der Waals surface area contributed by atoms with Crippen LogP contribution in [0.5, 0.6) is 0 Å². The number of hydrogen-bond acceptors (Lipinski definition) is 6. The molecule has 1 N–H and O–H groups in total. The Bertz CT molecular complexity index is 1800. The SMILES string of the molecule is CC(C)(C)OC(=O)N[C@@H](CN1C(=O)SC(=Cc2ccc3c(cnn3Cc3ccc(Cl)cc3C(F)(F)F)c2)C1=O)c1ccccc1. The lowest BCUT2D eigenvalue weighted by atomic mass is 10.1. The molecule has 1 atom stereocenters. The quantitative estimate of drug-likeness (QED) is 0.202. The summed E-state index contributed by atoms with van der Waals surface area (Å²) in [7, 11) is 0. The van der Waals surface area contributed by atoms with E-state index < -0.39 is 40.6 Å². The van der Waals surface area contributed by atoms with Crippen LogP contribution in [-0.2, 0) is 22.3 Å². The number of halogens is 4. The first kappa shape index (κ1) is 32.1. The highest BCUT2D eigenvalue weighted by molar-refractivity contribution is 8.18. The molecular weight excluding hydrogens is 629 g/mol. The van der Waals surface area contributed by atoms with Crippen molar-refractivity contribution >= 4 is 57.6 Å². The van der Waals surface area contributed by atoms with Gasteiger partial charge in [-0.25, -0.2) is 4.79 Å². The molecule has 4 aromatic rings. The lowest BCUT2D eigenvalue weighted by Crippen LogP contribution is -2.41. The van der Waals surface area contributed by atoms with E-state index in [1.165, 1.54) is 23.0 Å². The molecule has 0 aliphatic carbocycles. The third-order valence-corrected chi connectivity index (χ3v) is 7.94. The summed E-state index contributed by atoms with van der Waals surface area (Å²) >= 11 is 6.59. The molecule has 2 heterocycles. The van der Waals surface area contributed by atoms with Gasteiger partial charge in [0.15, 0.2) is 0 Å². The first-order chi connectivity index (χ1) is 21.2. The van der Waals surface area contributed by atoms with Gasteiger partial charge >= 0.3 is 12.3 Å². The first-order valence-electron chi connectivity index (χ1n) is 13.8. The summed E-state index contributed by atoms with van der Waals surface area (Å²) in [4.78, 5) is 40.2. The zero-order valence-electron chi connectivity index (χ0n) is 24.4. The molecule has 5 rings (SSSR count). The Balaban J connectivity index is 1.35. The van der Waals surface area contributed by atoms with Gasteiger partial charge in [0.05, 0.1) is 41.3 Å². The Kier molecular flexibility index (Phi) is 8.99. The van der Waals surface area contributed by atoms with Crippen molar-refractivity contribution < 1.29 is 32.3 Å². The number of alkyl carbamates (subject to hydrolysis) is 1. The van der Waals surface area contributed by atoms with Gasteiger partial charge in [-0.2, -0.15) is 18.3 Å². The van der Waals surface area contributed by atoms with Crippen molar-refractivity contribution in [1.82, 2.24) is 20.0 Å². The summed E-state index contributed by atoms with van der Waals surface area (Å²) in [5, 5.41) is 7.17. The normalized spacial score (nSPS) is 15.6. The Labute approximate surface area is 266 Å². The van der Waals surface area contributed by atoms with Crippen molar-refractivity contribution in [1.29, 1.82) is 0 Å². The number of ether oxygens (including phenoxy) is 1. The lowest BCUT2D eigenvalue weighted by molar-refractivity contribution is -0.138. The molecule has 1 saturated heterocycles. The molecule has 0 unspecified atom stereocenters. The number of carbonyl (C=O) groups is 3. The highest BCUT2D eigenvalue weighted by atomic mass is 35.5. The third kappa shape index (κ3) is 7.69. The molecule has 3 amide bonds. The molecule has 0 saturated carbocycles. The second-order valence-electron chi connectivity index (χ2n) is 11.3. The van der Waals surface area contributed by atoms with Crippen molar-refractivity contribution in [3.8, 4) is 0 Å². The van der Waals surface area contributed by atoms with Gasteiger partial charge in [0.25, 0.3) is 11.1 Å². The van der Waals surface area contributed by atoms with Crippen LogP contribution in [0.2, 0.25) is 5.02 Å². The van der Waals surface area contributed by atoms with Gasteiger partial charge in [-0.1, -0.05) is 54.1 Å². The highest BCUT2D eigenvalue weighted by Gasteiger charge is 2.37. The number of nitrogens with zero attached hydrogens (tertiary/aromatic N) is 3. The number of amides is 3. The van der Waals surface area contributed by atoms with Crippen LogP contribution >= 0.6 is 23.4 Å².